The summed E-state index contributed by atoms with van der Waals surface area (Å²) in [5.74, 6) is -0.0965. The Bertz CT molecular complexity index is 251. The Morgan fingerprint density at radius 1 is 1.67 bits per heavy atom. The van der Waals surface area contributed by atoms with E-state index >= 15 is 0 Å². The van der Waals surface area contributed by atoms with Gasteiger partial charge in [0.05, 0.1) is 12.0 Å². The maximum absolute atomic E-state index is 11.4. The molecule has 0 aromatic carbocycles. The fourth-order valence-electron chi connectivity index (χ4n) is 1.44. The molecule has 0 saturated carbocycles. The molecular weight excluding hydrogens is 198 g/mol. The van der Waals surface area contributed by atoms with Crippen LogP contribution in [0.15, 0.2) is 0 Å². The van der Waals surface area contributed by atoms with Crippen LogP contribution in [0, 0.1) is 17.2 Å². The molecule has 1 saturated heterocycles. The number of piperidine rings is 1. The van der Waals surface area contributed by atoms with Crippen LogP contribution in [0.25, 0.3) is 0 Å². The Morgan fingerprint density at radius 2 is 2.47 bits per heavy atom. The zero-order valence-electron chi connectivity index (χ0n) is 8.52. The van der Waals surface area contributed by atoms with Crippen LogP contribution in [-0.4, -0.2) is 37.2 Å². The predicted molar refractivity (Wildman–Crippen MR) is 51.4 cm³/mol. The van der Waals surface area contributed by atoms with Crippen LogP contribution in [0.4, 0.5) is 4.79 Å². The minimum atomic E-state index is -0.539. The topological polar surface area (TPSA) is 88.6 Å². The first-order chi connectivity index (χ1) is 7.27. The summed E-state index contributed by atoms with van der Waals surface area (Å²) in [5, 5.41) is 8.73. The normalized spacial score (nSPS) is 20.8. The maximum atomic E-state index is 11.4. The van der Waals surface area contributed by atoms with Gasteiger partial charge in [-0.1, -0.05) is 0 Å². The van der Waals surface area contributed by atoms with Gasteiger partial charge in [0.1, 0.15) is 6.61 Å². The molecule has 0 aromatic heterocycles. The molecule has 1 heterocycles. The number of likely N-dealkylation sites (tertiary alicyclic amines) is 1. The van der Waals surface area contributed by atoms with Gasteiger partial charge >= 0.3 is 6.09 Å². The van der Waals surface area contributed by atoms with Crippen molar-refractivity contribution in [2.24, 2.45) is 11.7 Å². The Kier molecular flexibility index (Phi) is 4.87. The summed E-state index contributed by atoms with van der Waals surface area (Å²) in [5.41, 5.74) is 5.16. The molecule has 6 heteroatoms. The zero-order valence-corrected chi connectivity index (χ0v) is 8.52. The van der Waals surface area contributed by atoms with Gasteiger partial charge in [0.25, 0.3) is 0 Å². The van der Waals surface area contributed by atoms with Crippen molar-refractivity contribution < 1.29 is 14.6 Å². The largest absolute Gasteiger partial charge is 0.441 e. The van der Waals surface area contributed by atoms with Crippen LogP contribution in [0.2, 0.25) is 0 Å². The predicted octanol–water partition coefficient (Wildman–Crippen LogP) is 0.249. The number of hydrogen-bond donors (Lipinski definition) is 1. The molecule has 15 heavy (non-hydrogen) atoms. The molecule has 1 rings (SSSR count). The number of amides is 1. The van der Waals surface area contributed by atoms with Gasteiger partial charge in [-0.2, -0.15) is 10.1 Å². The average Bonchev–Trinajstić information content (AvgIpc) is 2.29. The van der Waals surface area contributed by atoms with Crippen LogP contribution in [-0.2, 0) is 9.78 Å². The van der Waals surface area contributed by atoms with E-state index < -0.39 is 6.09 Å². The van der Waals surface area contributed by atoms with Crippen LogP contribution >= 0.6 is 0 Å². The summed E-state index contributed by atoms with van der Waals surface area (Å²) in [4.78, 5) is 21.9. The van der Waals surface area contributed by atoms with E-state index in [1.165, 1.54) is 4.90 Å². The Labute approximate surface area is 88.5 Å². The van der Waals surface area contributed by atoms with Crippen molar-refractivity contribution in [3.05, 3.63) is 0 Å². The molecule has 1 unspecified atom stereocenters. The van der Waals surface area contributed by atoms with Crippen LogP contribution < -0.4 is 5.73 Å². The van der Waals surface area contributed by atoms with Gasteiger partial charge in [-0.25, -0.2) is 4.79 Å². The van der Waals surface area contributed by atoms with Gasteiger partial charge in [-0.3, -0.25) is 4.89 Å². The summed E-state index contributed by atoms with van der Waals surface area (Å²) in [6.07, 6.45) is 1.12. The molecule has 0 aliphatic carbocycles. The first-order valence-corrected chi connectivity index (χ1v) is 4.96. The second-order valence-corrected chi connectivity index (χ2v) is 3.37. The first-order valence-electron chi connectivity index (χ1n) is 4.96. The molecule has 1 aliphatic heterocycles. The number of carbonyl (C=O) groups is 1. The highest BCUT2D eigenvalue weighted by Gasteiger charge is 2.24. The minimum absolute atomic E-state index is 0.0965. The lowest BCUT2D eigenvalue weighted by Crippen LogP contribution is -2.40. The van der Waals surface area contributed by atoms with Crippen molar-refractivity contribution in [1.29, 1.82) is 5.26 Å². The lowest BCUT2D eigenvalue weighted by atomic mass is 10.0. The molecule has 1 aliphatic rings. The third kappa shape index (κ3) is 3.73. The zero-order chi connectivity index (χ0) is 11.1. The van der Waals surface area contributed by atoms with Gasteiger partial charge in [-0.05, 0) is 12.8 Å². The number of rotatable bonds is 3. The molecule has 1 fully saturated rings. The second-order valence-electron chi connectivity index (χ2n) is 3.37. The summed E-state index contributed by atoms with van der Waals surface area (Å²) < 4.78 is 0. The summed E-state index contributed by atoms with van der Waals surface area (Å²) in [6, 6.07) is 2.15. The molecular formula is C9H15N3O3. The van der Waals surface area contributed by atoms with Crippen molar-refractivity contribution in [1.82, 2.24) is 4.90 Å². The van der Waals surface area contributed by atoms with E-state index in [0.717, 1.165) is 12.8 Å². The standard InChI is InChI=1S/C9H15N3O3/c10-3-5-14-15-9(13)12-4-1-2-8(6-11)7-12/h8H,1-5,7,10H2. The van der Waals surface area contributed by atoms with E-state index in [1.807, 2.05) is 0 Å². The fourth-order valence-corrected chi connectivity index (χ4v) is 1.44. The highest BCUT2D eigenvalue weighted by Crippen LogP contribution is 2.16. The second kappa shape index (κ2) is 6.22. The van der Waals surface area contributed by atoms with Gasteiger partial charge in [0.2, 0.25) is 0 Å². The molecule has 0 radical (unpaired) electrons. The van der Waals surface area contributed by atoms with Gasteiger partial charge < -0.3 is 10.6 Å². The van der Waals surface area contributed by atoms with Gasteiger partial charge in [0, 0.05) is 19.6 Å². The number of nitrogens with two attached hydrogens (primary N) is 1. The lowest BCUT2D eigenvalue weighted by molar-refractivity contribution is -0.243. The Hall–Kier alpha value is -1.32. The number of carbonyl (C=O) groups excluding carboxylic acids is 1. The Morgan fingerprint density at radius 3 is 3.13 bits per heavy atom. The summed E-state index contributed by atoms with van der Waals surface area (Å²) in [6.45, 7) is 1.51. The number of hydrogen-bond acceptors (Lipinski definition) is 5. The van der Waals surface area contributed by atoms with E-state index in [9.17, 15) is 4.79 Å². The molecule has 84 valence electrons. The molecule has 2 N–H and O–H groups in total. The van der Waals surface area contributed by atoms with E-state index in [1.54, 1.807) is 0 Å². The van der Waals surface area contributed by atoms with E-state index in [4.69, 9.17) is 11.0 Å². The van der Waals surface area contributed by atoms with E-state index in [2.05, 4.69) is 15.8 Å². The molecule has 0 spiro atoms. The molecule has 1 amide bonds. The minimum Gasteiger partial charge on any atom is -0.328 e. The monoisotopic (exact) mass is 213 g/mol. The van der Waals surface area contributed by atoms with Crippen LogP contribution in [0.3, 0.4) is 0 Å². The fraction of sp³-hybridized carbons (Fsp3) is 0.778. The van der Waals surface area contributed by atoms with Gasteiger partial charge in [0.15, 0.2) is 0 Å². The highest BCUT2D eigenvalue weighted by molar-refractivity contribution is 5.67. The Balaban J connectivity index is 2.29. The smallest absolute Gasteiger partial charge is 0.328 e. The summed E-state index contributed by atoms with van der Waals surface area (Å²) >= 11 is 0. The first kappa shape index (κ1) is 11.8. The SMILES string of the molecule is N#CC1CCCN(C(=O)OOCCN)C1. The molecule has 0 aromatic rings. The van der Waals surface area contributed by atoms with Crippen LogP contribution in [0.1, 0.15) is 12.8 Å². The van der Waals surface area contributed by atoms with Crippen molar-refractivity contribution in [2.75, 3.05) is 26.2 Å². The third-order valence-electron chi connectivity index (χ3n) is 2.19. The van der Waals surface area contributed by atoms with Crippen molar-refractivity contribution in [3.63, 3.8) is 0 Å². The van der Waals surface area contributed by atoms with Crippen molar-refractivity contribution in [3.8, 4) is 6.07 Å². The third-order valence-corrected chi connectivity index (χ3v) is 2.19. The van der Waals surface area contributed by atoms with E-state index in [-0.39, 0.29) is 12.5 Å². The molecule has 1 atom stereocenters. The molecule has 6 nitrogen and oxygen atoms in total. The lowest BCUT2D eigenvalue weighted by Gasteiger charge is -2.27. The van der Waals surface area contributed by atoms with Crippen LogP contribution in [0.5, 0.6) is 0 Å². The number of nitrogens with zero attached hydrogens (tertiary/aromatic N) is 2. The maximum Gasteiger partial charge on any atom is 0.441 e. The highest BCUT2D eigenvalue weighted by atomic mass is 17.2. The number of nitriles is 1. The van der Waals surface area contributed by atoms with E-state index in [0.29, 0.717) is 19.6 Å². The van der Waals surface area contributed by atoms with Crippen molar-refractivity contribution >= 4 is 6.09 Å². The molecule has 0 bridgehead atoms. The van der Waals surface area contributed by atoms with Crippen molar-refractivity contribution in [2.45, 2.75) is 12.8 Å². The average molecular weight is 213 g/mol. The quantitative estimate of drug-likeness (QED) is 0.412. The van der Waals surface area contributed by atoms with Gasteiger partial charge in [-0.15, -0.1) is 0 Å². The summed E-state index contributed by atoms with van der Waals surface area (Å²) in [7, 11) is 0.